The number of anilines is 1. The summed E-state index contributed by atoms with van der Waals surface area (Å²) in [6.45, 7) is 4.82. The predicted octanol–water partition coefficient (Wildman–Crippen LogP) is 5.18. The maximum absolute atomic E-state index is 14.5. The molecule has 2 atom stereocenters. The molecule has 2 unspecified atom stereocenters. The SMILES string of the molecule is Cc1cc2cc(N(C)C(=O)c3cccc(-n4nc(C(F)(F)F)c5c4CC4CCC5N4S(=O)(=O)c4c(C)noc4C)c3)ccn2n1. The minimum Gasteiger partial charge on any atom is -0.360 e. The Morgan fingerprint density at radius 1 is 1.07 bits per heavy atom. The molecular formula is C30H28F3N7O4S. The van der Waals surface area contributed by atoms with E-state index in [2.05, 4.69) is 15.4 Å². The van der Waals surface area contributed by atoms with Crippen molar-refractivity contribution in [1.29, 1.82) is 0 Å². The van der Waals surface area contributed by atoms with Gasteiger partial charge in [-0.3, -0.25) is 4.79 Å². The molecule has 0 aliphatic carbocycles. The first-order valence-corrected chi connectivity index (χ1v) is 15.7. The molecule has 6 heterocycles. The van der Waals surface area contributed by atoms with Gasteiger partial charge in [0.25, 0.3) is 5.91 Å². The Labute approximate surface area is 255 Å². The molecule has 0 N–H and O–H groups in total. The van der Waals surface area contributed by atoms with Crippen molar-refractivity contribution in [2.24, 2.45) is 0 Å². The standard InChI is InChI=1S/C30H28F3N7O4S/c1-16-12-23-14-20(10-11-38(23)34-16)37(4)29(41)19-6-5-7-21(13-19)39-25-15-22-8-9-24(26(25)28(35-39)30(31,32)33)40(22)45(42,43)27-17(2)36-44-18(27)3/h5-7,10-14,22,24H,8-9,15H2,1-4H3. The fourth-order valence-corrected chi connectivity index (χ4v) is 8.83. The van der Waals surface area contributed by atoms with Crippen LogP contribution in [0.4, 0.5) is 18.9 Å². The molecule has 2 aliphatic rings. The minimum absolute atomic E-state index is 0.0143. The summed E-state index contributed by atoms with van der Waals surface area (Å²) in [7, 11) is -2.61. The number of carbonyl (C=O) groups is 1. The summed E-state index contributed by atoms with van der Waals surface area (Å²) in [5, 5.41) is 12.1. The van der Waals surface area contributed by atoms with Crippen LogP contribution in [0.25, 0.3) is 11.2 Å². The van der Waals surface area contributed by atoms with E-state index in [4.69, 9.17) is 4.52 Å². The van der Waals surface area contributed by atoms with Crippen LogP contribution < -0.4 is 4.90 Å². The van der Waals surface area contributed by atoms with E-state index in [1.54, 1.807) is 42.0 Å². The highest BCUT2D eigenvalue weighted by molar-refractivity contribution is 7.89. The summed E-state index contributed by atoms with van der Waals surface area (Å²) >= 11 is 0. The topological polar surface area (TPSA) is 119 Å². The van der Waals surface area contributed by atoms with Gasteiger partial charge in [0, 0.05) is 42.5 Å². The van der Waals surface area contributed by atoms with Gasteiger partial charge in [-0.15, -0.1) is 0 Å². The number of pyridine rings is 1. The smallest absolute Gasteiger partial charge is 0.360 e. The van der Waals surface area contributed by atoms with E-state index >= 15 is 0 Å². The highest BCUT2D eigenvalue weighted by atomic mass is 32.2. The van der Waals surface area contributed by atoms with Crippen molar-refractivity contribution in [3.05, 3.63) is 88.3 Å². The van der Waals surface area contributed by atoms with Crippen molar-refractivity contribution in [3.8, 4) is 5.69 Å². The number of halogens is 3. The van der Waals surface area contributed by atoms with Gasteiger partial charge >= 0.3 is 6.18 Å². The summed E-state index contributed by atoms with van der Waals surface area (Å²) in [5.41, 5.74) is 1.89. The average molecular weight is 640 g/mol. The number of benzene rings is 1. The molecule has 234 valence electrons. The normalized spacial score (nSPS) is 18.5. The van der Waals surface area contributed by atoms with E-state index in [1.807, 2.05) is 19.1 Å². The molecule has 1 amide bonds. The third kappa shape index (κ3) is 4.55. The molecule has 45 heavy (non-hydrogen) atoms. The molecule has 2 bridgehead atoms. The number of sulfonamides is 1. The summed E-state index contributed by atoms with van der Waals surface area (Å²) in [6, 6.07) is 10.1. The van der Waals surface area contributed by atoms with Crippen LogP contribution in [-0.2, 0) is 22.6 Å². The van der Waals surface area contributed by atoms with Gasteiger partial charge in [-0.05, 0) is 70.0 Å². The number of carbonyl (C=O) groups excluding carboxylic acids is 1. The van der Waals surface area contributed by atoms with Gasteiger partial charge in [0.05, 0.1) is 28.6 Å². The molecule has 1 aromatic carbocycles. The molecule has 1 fully saturated rings. The lowest BCUT2D eigenvalue weighted by atomic mass is 9.99. The molecule has 5 aromatic rings. The molecule has 0 saturated carbocycles. The molecule has 2 aliphatic heterocycles. The Kier molecular flexibility index (Phi) is 6.50. The summed E-state index contributed by atoms with van der Waals surface area (Å²) in [6.07, 6.45) is -2.50. The maximum Gasteiger partial charge on any atom is 0.435 e. The van der Waals surface area contributed by atoms with Crippen molar-refractivity contribution < 1.29 is 30.9 Å². The first-order chi connectivity index (χ1) is 21.3. The predicted molar refractivity (Wildman–Crippen MR) is 156 cm³/mol. The molecule has 0 spiro atoms. The maximum atomic E-state index is 14.5. The average Bonchev–Trinajstić information content (AvgIpc) is 3.74. The summed E-state index contributed by atoms with van der Waals surface area (Å²) < 4.78 is 80.4. The number of aromatic nitrogens is 5. The van der Waals surface area contributed by atoms with Gasteiger partial charge in [0.2, 0.25) is 10.0 Å². The van der Waals surface area contributed by atoms with Crippen molar-refractivity contribution >= 4 is 27.1 Å². The third-order valence-corrected chi connectivity index (χ3v) is 10.8. The van der Waals surface area contributed by atoms with Crippen molar-refractivity contribution in [1.82, 2.24) is 28.9 Å². The third-order valence-electron chi connectivity index (χ3n) is 8.59. The minimum atomic E-state index is -4.85. The van der Waals surface area contributed by atoms with Crippen molar-refractivity contribution in [3.63, 3.8) is 0 Å². The Bertz CT molecular complexity index is 2100. The fraction of sp³-hybridized carbons (Fsp3) is 0.333. The van der Waals surface area contributed by atoms with E-state index in [0.717, 1.165) is 11.2 Å². The number of hydrogen-bond acceptors (Lipinski definition) is 7. The van der Waals surface area contributed by atoms with Gasteiger partial charge in [-0.2, -0.15) is 27.7 Å². The first kappa shape index (κ1) is 29.2. The number of alkyl halides is 3. The Hall–Kier alpha value is -4.50. The zero-order valence-corrected chi connectivity index (χ0v) is 25.5. The van der Waals surface area contributed by atoms with Gasteiger partial charge in [0.1, 0.15) is 10.6 Å². The zero-order valence-electron chi connectivity index (χ0n) is 24.7. The molecule has 0 radical (unpaired) electrons. The lowest BCUT2D eigenvalue weighted by Gasteiger charge is -2.34. The van der Waals surface area contributed by atoms with E-state index in [-0.39, 0.29) is 57.6 Å². The Morgan fingerprint density at radius 2 is 1.84 bits per heavy atom. The van der Waals surface area contributed by atoms with E-state index < -0.39 is 34.0 Å². The van der Waals surface area contributed by atoms with Gasteiger partial charge in [-0.1, -0.05) is 11.2 Å². The number of rotatable bonds is 5. The monoisotopic (exact) mass is 639 g/mol. The van der Waals surface area contributed by atoms with E-state index in [0.29, 0.717) is 12.1 Å². The highest BCUT2D eigenvalue weighted by Crippen LogP contribution is 2.51. The van der Waals surface area contributed by atoms with Crippen LogP contribution in [-0.4, -0.2) is 56.3 Å². The second-order valence-corrected chi connectivity index (χ2v) is 13.3. The molecule has 11 nitrogen and oxygen atoms in total. The van der Waals surface area contributed by atoms with E-state index in [9.17, 15) is 26.4 Å². The van der Waals surface area contributed by atoms with Crippen LogP contribution in [0.5, 0.6) is 0 Å². The van der Waals surface area contributed by atoms with Crippen LogP contribution in [0.15, 0.2) is 58.1 Å². The lowest BCUT2D eigenvalue weighted by Crippen LogP contribution is -2.42. The number of fused-ring (bicyclic) bond motifs is 5. The molecule has 1 saturated heterocycles. The zero-order chi connectivity index (χ0) is 32.0. The van der Waals surface area contributed by atoms with Crippen LogP contribution in [0.1, 0.15) is 63.3 Å². The first-order valence-electron chi connectivity index (χ1n) is 14.3. The summed E-state index contributed by atoms with van der Waals surface area (Å²) in [5.74, 6) is -0.289. The van der Waals surface area contributed by atoms with Crippen LogP contribution in [0.3, 0.4) is 0 Å². The highest BCUT2D eigenvalue weighted by Gasteiger charge is 2.53. The van der Waals surface area contributed by atoms with Crippen LogP contribution in [0, 0.1) is 20.8 Å². The lowest BCUT2D eigenvalue weighted by molar-refractivity contribution is -0.142. The van der Waals surface area contributed by atoms with Gasteiger partial charge in [0.15, 0.2) is 11.5 Å². The van der Waals surface area contributed by atoms with Crippen molar-refractivity contribution in [2.45, 2.75) is 63.2 Å². The molecule has 15 heteroatoms. The van der Waals surface area contributed by atoms with Crippen LogP contribution in [0.2, 0.25) is 0 Å². The summed E-state index contributed by atoms with van der Waals surface area (Å²) in [4.78, 5) is 14.9. The second kappa shape index (κ2) is 10.0. The molecular weight excluding hydrogens is 611 g/mol. The van der Waals surface area contributed by atoms with Gasteiger partial charge in [-0.25, -0.2) is 17.6 Å². The fourth-order valence-electron chi connectivity index (χ4n) is 6.69. The van der Waals surface area contributed by atoms with Crippen LogP contribution >= 0.6 is 0 Å². The van der Waals surface area contributed by atoms with Gasteiger partial charge < -0.3 is 9.42 Å². The number of hydrogen-bond donors (Lipinski definition) is 0. The van der Waals surface area contributed by atoms with Crippen molar-refractivity contribution in [2.75, 3.05) is 11.9 Å². The number of nitrogens with zero attached hydrogens (tertiary/aromatic N) is 7. The largest absolute Gasteiger partial charge is 0.435 e. The molecule has 7 rings (SSSR count). The Balaban J connectivity index is 1.28. The quantitative estimate of drug-likeness (QED) is 0.260. The Morgan fingerprint density at radius 3 is 2.56 bits per heavy atom. The number of aryl methyl sites for hydroxylation is 3. The second-order valence-electron chi connectivity index (χ2n) is 11.5. The van der Waals surface area contributed by atoms with E-state index in [1.165, 1.54) is 33.8 Å². The number of amides is 1. The molecule has 4 aromatic heterocycles.